The summed E-state index contributed by atoms with van der Waals surface area (Å²) in [6.07, 6.45) is 9.08. The van der Waals surface area contributed by atoms with Gasteiger partial charge in [0.1, 0.15) is 5.82 Å². The molecule has 6 rings (SSSR count). The summed E-state index contributed by atoms with van der Waals surface area (Å²) in [6, 6.07) is 13.4. The zero-order chi connectivity index (χ0) is 24.8. The number of fused-ring (bicyclic) bond motifs is 1. The fourth-order valence-electron chi connectivity index (χ4n) is 5.01. The first-order chi connectivity index (χ1) is 17.5. The smallest absolute Gasteiger partial charge is 0.168 e. The maximum absolute atomic E-state index is 13.3. The van der Waals surface area contributed by atoms with Crippen LogP contribution in [0.3, 0.4) is 0 Å². The molecule has 1 aliphatic carbocycles. The van der Waals surface area contributed by atoms with Gasteiger partial charge >= 0.3 is 0 Å². The number of pyridine rings is 2. The van der Waals surface area contributed by atoms with Crippen LogP contribution in [0.4, 0.5) is 5.82 Å². The Morgan fingerprint density at radius 2 is 1.58 bits per heavy atom. The second kappa shape index (κ2) is 9.38. The molecule has 0 unspecified atom stereocenters. The molecular formula is C29H25Cl2N3O2. The Labute approximate surface area is 219 Å². The highest BCUT2D eigenvalue weighted by atomic mass is 35.5. The predicted octanol–water partition coefficient (Wildman–Crippen LogP) is 7.56. The van der Waals surface area contributed by atoms with Crippen LogP contribution in [0.2, 0.25) is 10.0 Å². The number of phenolic OH excluding ortho intramolecular Hbond substituents is 1. The Kier molecular flexibility index (Phi) is 6.06. The van der Waals surface area contributed by atoms with Gasteiger partial charge in [-0.05, 0) is 79.6 Å². The van der Waals surface area contributed by atoms with Crippen molar-refractivity contribution in [2.24, 2.45) is 5.92 Å². The number of aromatic hydroxyl groups is 1. The minimum Gasteiger partial charge on any atom is -0.505 e. The highest BCUT2D eigenvalue weighted by Gasteiger charge is 2.33. The molecule has 5 nitrogen and oxygen atoms in total. The van der Waals surface area contributed by atoms with Crippen LogP contribution in [0.5, 0.6) is 5.75 Å². The van der Waals surface area contributed by atoms with Gasteiger partial charge in [-0.25, -0.2) is 4.98 Å². The van der Waals surface area contributed by atoms with Crippen molar-refractivity contribution in [1.82, 2.24) is 9.97 Å². The maximum Gasteiger partial charge on any atom is 0.168 e. The molecule has 0 spiro atoms. The molecule has 7 heteroatoms. The monoisotopic (exact) mass is 517 g/mol. The third-order valence-electron chi connectivity index (χ3n) is 7.15. The van der Waals surface area contributed by atoms with Crippen molar-refractivity contribution in [1.29, 1.82) is 0 Å². The Hall–Kier alpha value is -3.15. The van der Waals surface area contributed by atoms with Crippen molar-refractivity contribution in [3.63, 3.8) is 0 Å². The van der Waals surface area contributed by atoms with Gasteiger partial charge < -0.3 is 10.0 Å². The summed E-state index contributed by atoms with van der Waals surface area (Å²) >= 11 is 12.4. The first-order valence-corrected chi connectivity index (χ1v) is 13.1. The van der Waals surface area contributed by atoms with Crippen molar-refractivity contribution in [3.8, 4) is 28.0 Å². The third kappa shape index (κ3) is 4.31. The molecule has 1 aliphatic heterocycles. The molecule has 0 radical (unpaired) electrons. The van der Waals surface area contributed by atoms with Crippen LogP contribution >= 0.6 is 23.2 Å². The summed E-state index contributed by atoms with van der Waals surface area (Å²) in [5.41, 5.74) is 4.81. The molecule has 1 saturated heterocycles. The van der Waals surface area contributed by atoms with Crippen LogP contribution in [0.1, 0.15) is 42.5 Å². The standard InChI is InChI=1S/C29H25Cl2N3O2/c30-23-13-20(14-24(31)29(23)36)18-6-8-25-21(12-18)27(22(16-32-25)28(35)17-4-5-17)19-7-9-26(33-15-19)34-10-2-1-3-11-34/h6-9,12-17,36H,1-5,10-11H2. The quantitative estimate of drug-likeness (QED) is 0.276. The molecule has 2 aromatic carbocycles. The van der Waals surface area contributed by atoms with Crippen LogP contribution in [0.25, 0.3) is 33.2 Å². The van der Waals surface area contributed by atoms with E-state index in [9.17, 15) is 9.90 Å². The second-order valence-electron chi connectivity index (χ2n) is 9.66. The lowest BCUT2D eigenvalue weighted by Crippen LogP contribution is -2.29. The second-order valence-corrected chi connectivity index (χ2v) is 10.5. The van der Waals surface area contributed by atoms with Gasteiger partial charge in [-0.3, -0.25) is 9.78 Å². The maximum atomic E-state index is 13.3. The van der Waals surface area contributed by atoms with Gasteiger partial charge in [0.25, 0.3) is 0 Å². The lowest BCUT2D eigenvalue weighted by Gasteiger charge is -2.27. The number of piperidine rings is 1. The molecular weight excluding hydrogens is 493 g/mol. The van der Waals surface area contributed by atoms with Gasteiger partial charge in [0.05, 0.1) is 15.6 Å². The Bertz CT molecular complexity index is 1450. The molecule has 0 atom stereocenters. The van der Waals surface area contributed by atoms with Gasteiger partial charge in [-0.1, -0.05) is 29.3 Å². The van der Waals surface area contributed by atoms with Crippen LogP contribution in [0, 0.1) is 5.92 Å². The van der Waals surface area contributed by atoms with Crippen LogP contribution in [-0.4, -0.2) is 33.9 Å². The number of hydrogen-bond acceptors (Lipinski definition) is 5. The van der Waals surface area contributed by atoms with E-state index in [0.29, 0.717) is 5.56 Å². The zero-order valence-electron chi connectivity index (χ0n) is 19.7. The Morgan fingerprint density at radius 1 is 0.861 bits per heavy atom. The molecule has 2 fully saturated rings. The highest BCUT2D eigenvalue weighted by molar-refractivity contribution is 6.37. The molecule has 0 amide bonds. The summed E-state index contributed by atoms with van der Waals surface area (Å²) in [4.78, 5) is 25.1. The Morgan fingerprint density at radius 3 is 2.25 bits per heavy atom. The summed E-state index contributed by atoms with van der Waals surface area (Å²) < 4.78 is 0. The van der Waals surface area contributed by atoms with Crippen LogP contribution in [-0.2, 0) is 0 Å². The zero-order valence-corrected chi connectivity index (χ0v) is 21.2. The van der Waals surface area contributed by atoms with Crippen LogP contribution < -0.4 is 4.90 Å². The number of carbonyl (C=O) groups excluding carboxylic acids is 1. The first kappa shape index (κ1) is 23.3. The molecule has 0 bridgehead atoms. The average molecular weight is 518 g/mol. The van der Waals surface area contributed by atoms with E-state index >= 15 is 0 Å². The molecule has 1 N–H and O–H groups in total. The lowest BCUT2D eigenvalue weighted by molar-refractivity contribution is 0.0968. The largest absolute Gasteiger partial charge is 0.505 e. The summed E-state index contributed by atoms with van der Waals surface area (Å²) in [7, 11) is 0. The number of benzene rings is 2. The van der Waals surface area contributed by atoms with Crippen molar-refractivity contribution < 1.29 is 9.90 Å². The average Bonchev–Trinajstić information content (AvgIpc) is 3.76. The van der Waals surface area contributed by atoms with Gasteiger partial charge in [0, 0.05) is 53.5 Å². The highest BCUT2D eigenvalue weighted by Crippen LogP contribution is 2.41. The summed E-state index contributed by atoms with van der Waals surface area (Å²) in [5.74, 6) is 1.05. The predicted molar refractivity (Wildman–Crippen MR) is 145 cm³/mol. The fraction of sp³-hybridized carbons (Fsp3) is 0.276. The van der Waals surface area contributed by atoms with E-state index in [1.165, 1.54) is 19.3 Å². The number of carbonyl (C=O) groups is 1. The third-order valence-corrected chi connectivity index (χ3v) is 7.72. The van der Waals surface area contributed by atoms with E-state index in [2.05, 4.69) is 22.0 Å². The number of aromatic nitrogens is 2. The molecule has 1 saturated carbocycles. The molecule has 2 aromatic heterocycles. The SMILES string of the molecule is O=C(c1cnc2ccc(-c3cc(Cl)c(O)c(Cl)c3)cc2c1-c1ccc(N2CCCCC2)nc1)C1CC1. The number of ketones is 1. The minimum atomic E-state index is -0.137. The van der Waals surface area contributed by atoms with E-state index < -0.39 is 0 Å². The van der Waals surface area contributed by atoms with Crippen molar-refractivity contribution in [2.45, 2.75) is 32.1 Å². The Balaban J connectivity index is 1.50. The van der Waals surface area contributed by atoms with Gasteiger partial charge in [-0.2, -0.15) is 0 Å². The molecule has 36 heavy (non-hydrogen) atoms. The van der Waals surface area contributed by atoms with Gasteiger partial charge in [-0.15, -0.1) is 0 Å². The van der Waals surface area contributed by atoms with Crippen molar-refractivity contribution in [3.05, 3.63) is 70.5 Å². The van der Waals surface area contributed by atoms with Crippen molar-refractivity contribution in [2.75, 3.05) is 18.0 Å². The van der Waals surface area contributed by atoms with Gasteiger partial charge in [0.2, 0.25) is 0 Å². The normalized spacial score (nSPS) is 15.9. The number of halogens is 2. The minimum absolute atomic E-state index is 0.0708. The van der Waals surface area contributed by atoms with E-state index in [1.807, 2.05) is 24.4 Å². The fourth-order valence-corrected chi connectivity index (χ4v) is 5.50. The molecule has 4 aromatic rings. The molecule has 3 heterocycles. The van der Waals surface area contributed by atoms with Crippen LogP contribution in [0.15, 0.2) is 54.9 Å². The number of rotatable bonds is 5. The molecule has 182 valence electrons. The van der Waals surface area contributed by atoms with Gasteiger partial charge in [0.15, 0.2) is 11.5 Å². The number of nitrogens with zero attached hydrogens (tertiary/aromatic N) is 3. The summed E-state index contributed by atoms with van der Waals surface area (Å²) in [6.45, 7) is 2.05. The molecule has 2 aliphatic rings. The first-order valence-electron chi connectivity index (χ1n) is 12.4. The van der Waals surface area contributed by atoms with E-state index in [-0.39, 0.29) is 27.5 Å². The van der Waals surface area contributed by atoms with Crippen molar-refractivity contribution >= 4 is 45.7 Å². The van der Waals surface area contributed by atoms with E-state index in [1.54, 1.807) is 18.3 Å². The van der Waals surface area contributed by atoms with E-state index in [4.69, 9.17) is 28.2 Å². The summed E-state index contributed by atoms with van der Waals surface area (Å²) in [5, 5.41) is 11.2. The lowest BCUT2D eigenvalue weighted by atomic mass is 9.92. The number of phenols is 1. The number of hydrogen-bond donors (Lipinski definition) is 1. The van der Waals surface area contributed by atoms with E-state index in [0.717, 1.165) is 64.9 Å². The number of Topliss-reactive ketones (excluding diaryl/α,β-unsaturated/α-hetero) is 1. The number of anilines is 1. The topological polar surface area (TPSA) is 66.3 Å².